The zero-order valence-electron chi connectivity index (χ0n) is 11.2. The molecule has 0 saturated heterocycles. The molecule has 0 aromatic rings. The third kappa shape index (κ3) is 4.81. The Hall–Kier alpha value is -0.120. The first kappa shape index (κ1) is 13.9. The summed E-state index contributed by atoms with van der Waals surface area (Å²) < 4.78 is 5.09. The Bertz CT molecular complexity index is 175. The molecule has 0 bridgehead atoms. The Kier molecular flexibility index (Phi) is 7.01. The van der Waals surface area contributed by atoms with Crippen molar-refractivity contribution in [1.29, 1.82) is 0 Å². The van der Waals surface area contributed by atoms with Crippen molar-refractivity contribution in [3.63, 3.8) is 0 Å². The third-order valence-electron chi connectivity index (χ3n) is 3.57. The average Bonchev–Trinajstić information content (AvgIpc) is 2.75. The molecule has 1 aliphatic carbocycles. The number of hydrogen-bond acceptors (Lipinski definition) is 3. The van der Waals surface area contributed by atoms with Crippen LogP contribution in [0.4, 0.5) is 0 Å². The summed E-state index contributed by atoms with van der Waals surface area (Å²) >= 11 is 0. The van der Waals surface area contributed by atoms with Gasteiger partial charge in [0.05, 0.1) is 0 Å². The van der Waals surface area contributed by atoms with Crippen LogP contribution in [0.1, 0.15) is 39.0 Å². The number of ether oxygens (including phenoxy) is 1. The summed E-state index contributed by atoms with van der Waals surface area (Å²) in [5.41, 5.74) is 0. The van der Waals surface area contributed by atoms with Gasteiger partial charge in [-0.3, -0.25) is 0 Å². The topological polar surface area (TPSA) is 24.5 Å². The highest BCUT2D eigenvalue weighted by atomic mass is 16.5. The van der Waals surface area contributed by atoms with E-state index >= 15 is 0 Å². The van der Waals surface area contributed by atoms with Gasteiger partial charge in [-0.15, -0.1) is 0 Å². The van der Waals surface area contributed by atoms with E-state index < -0.39 is 0 Å². The molecule has 1 rings (SSSR count). The monoisotopic (exact) mass is 228 g/mol. The second-order valence-corrected chi connectivity index (χ2v) is 4.94. The maximum atomic E-state index is 5.09. The van der Waals surface area contributed by atoms with Crippen molar-refractivity contribution in [2.75, 3.05) is 33.9 Å². The highest BCUT2D eigenvalue weighted by Crippen LogP contribution is 2.23. The Balaban J connectivity index is 2.13. The molecule has 0 heterocycles. The van der Waals surface area contributed by atoms with Gasteiger partial charge in [0.2, 0.25) is 0 Å². The molecule has 16 heavy (non-hydrogen) atoms. The van der Waals surface area contributed by atoms with E-state index in [0.29, 0.717) is 0 Å². The zero-order chi connectivity index (χ0) is 11.8. The Morgan fingerprint density at radius 3 is 2.88 bits per heavy atom. The third-order valence-corrected chi connectivity index (χ3v) is 3.57. The fraction of sp³-hybridized carbons (Fsp3) is 1.00. The molecule has 96 valence electrons. The number of methoxy groups -OCH3 is 1. The molecule has 0 aliphatic heterocycles. The van der Waals surface area contributed by atoms with Crippen LogP contribution in [0.2, 0.25) is 0 Å². The Morgan fingerprint density at radius 2 is 2.19 bits per heavy atom. The lowest BCUT2D eigenvalue weighted by molar-refractivity contribution is 0.165. The first-order valence-corrected chi connectivity index (χ1v) is 6.70. The van der Waals surface area contributed by atoms with Gasteiger partial charge in [0.15, 0.2) is 0 Å². The van der Waals surface area contributed by atoms with Crippen LogP contribution in [0.5, 0.6) is 0 Å². The van der Waals surface area contributed by atoms with Crippen LogP contribution in [0.15, 0.2) is 0 Å². The van der Waals surface area contributed by atoms with Crippen molar-refractivity contribution in [1.82, 2.24) is 10.2 Å². The highest BCUT2D eigenvalue weighted by Gasteiger charge is 2.26. The molecule has 0 aromatic heterocycles. The quantitative estimate of drug-likeness (QED) is 0.642. The fourth-order valence-corrected chi connectivity index (χ4v) is 2.53. The number of hydrogen-bond donors (Lipinski definition) is 1. The van der Waals surface area contributed by atoms with Crippen molar-refractivity contribution >= 4 is 0 Å². The number of nitrogens with zero attached hydrogens (tertiary/aromatic N) is 1. The van der Waals surface area contributed by atoms with Crippen molar-refractivity contribution in [2.24, 2.45) is 0 Å². The lowest BCUT2D eigenvalue weighted by atomic mass is 10.2. The smallest absolute Gasteiger partial charge is 0.0474 e. The summed E-state index contributed by atoms with van der Waals surface area (Å²) in [6.07, 6.45) is 6.41. The summed E-state index contributed by atoms with van der Waals surface area (Å²) in [5, 5.41) is 3.63. The van der Waals surface area contributed by atoms with E-state index in [-0.39, 0.29) is 0 Å². The Morgan fingerprint density at radius 1 is 1.38 bits per heavy atom. The van der Waals surface area contributed by atoms with Crippen LogP contribution in [0.3, 0.4) is 0 Å². The predicted octanol–water partition coefficient (Wildman–Crippen LogP) is 1.88. The van der Waals surface area contributed by atoms with Crippen LogP contribution in [0.25, 0.3) is 0 Å². The van der Waals surface area contributed by atoms with Gasteiger partial charge in [0.1, 0.15) is 0 Å². The van der Waals surface area contributed by atoms with E-state index in [1.807, 2.05) is 0 Å². The molecule has 0 spiro atoms. The van der Waals surface area contributed by atoms with Gasteiger partial charge in [0.25, 0.3) is 0 Å². The maximum absolute atomic E-state index is 5.09. The van der Waals surface area contributed by atoms with Gasteiger partial charge in [-0.1, -0.05) is 6.92 Å². The molecule has 1 fully saturated rings. The summed E-state index contributed by atoms with van der Waals surface area (Å²) in [7, 11) is 4.03. The fourth-order valence-electron chi connectivity index (χ4n) is 2.53. The first-order chi connectivity index (χ1) is 7.77. The lowest BCUT2D eigenvalue weighted by Crippen LogP contribution is -2.34. The van der Waals surface area contributed by atoms with Gasteiger partial charge >= 0.3 is 0 Å². The van der Waals surface area contributed by atoms with Crippen LogP contribution in [-0.2, 0) is 4.74 Å². The molecule has 0 aromatic carbocycles. The largest absolute Gasteiger partial charge is 0.385 e. The number of rotatable bonds is 8. The minimum atomic E-state index is 0.759. The lowest BCUT2D eigenvalue weighted by Gasteiger charge is -2.24. The molecule has 0 amide bonds. The molecule has 2 atom stereocenters. The van der Waals surface area contributed by atoms with Gasteiger partial charge in [-0.05, 0) is 45.7 Å². The molecular formula is C13H28N2O. The van der Waals surface area contributed by atoms with E-state index in [1.54, 1.807) is 7.11 Å². The van der Waals surface area contributed by atoms with Crippen LogP contribution in [-0.4, -0.2) is 50.8 Å². The van der Waals surface area contributed by atoms with E-state index in [4.69, 9.17) is 4.74 Å². The molecule has 3 nitrogen and oxygen atoms in total. The minimum absolute atomic E-state index is 0.759. The van der Waals surface area contributed by atoms with E-state index in [1.165, 1.54) is 38.8 Å². The molecule has 0 radical (unpaired) electrons. The second kappa shape index (κ2) is 8.04. The normalized spacial score (nSPS) is 25.5. The van der Waals surface area contributed by atoms with Gasteiger partial charge in [0, 0.05) is 32.3 Å². The van der Waals surface area contributed by atoms with E-state index in [0.717, 1.165) is 25.1 Å². The maximum Gasteiger partial charge on any atom is 0.0474 e. The SMILES string of the molecule is CCCNC1CCC(N(C)CCCOC)C1. The van der Waals surface area contributed by atoms with Crippen molar-refractivity contribution in [3.05, 3.63) is 0 Å². The summed E-state index contributed by atoms with van der Waals surface area (Å²) in [5.74, 6) is 0. The second-order valence-electron chi connectivity index (χ2n) is 4.94. The van der Waals surface area contributed by atoms with Crippen LogP contribution < -0.4 is 5.32 Å². The standard InChI is InChI=1S/C13H28N2O/c1-4-8-14-12-6-7-13(11-12)15(2)9-5-10-16-3/h12-14H,4-11H2,1-3H3. The van der Waals surface area contributed by atoms with Crippen molar-refractivity contribution in [2.45, 2.75) is 51.1 Å². The highest BCUT2D eigenvalue weighted by molar-refractivity contribution is 4.85. The van der Waals surface area contributed by atoms with Gasteiger partial charge < -0.3 is 15.0 Å². The Labute approximate surface area is 101 Å². The number of nitrogens with one attached hydrogen (secondary N) is 1. The van der Waals surface area contributed by atoms with Gasteiger partial charge in [-0.25, -0.2) is 0 Å². The van der Waals surface area contributed by atoms with Gasteiger partial charge in [-0.2, -0.15) is 0 Å². The van der Waals surface area contributed by atoms with Crippen molar-refractivity contribution < 1.29 is 4.74 Å². The van der Waals surface area contributed by atoms with E-state index in [2.05, 4.69) is 24.2 Å². The minimum Gasteiger partial charge on any atom is -0.385 e. The molecular weight excluding hydrogens is 200 g/mol. The zero-order valence-corrected chi connectivity index (χ0v) is 11.2. The van der Waals surface area contributed by atoms with Crippen LogP contribution >= 0.6 is 0 Å². The average molecular weight is 228 g/mol. The summed E-state index contributed by atoms with van der Waals surface area (Å²) in [6, 6.07) is 1.54. The molecule has 1 aliphatic rings. The van der Waals surface area contributed by atoms with E-state index in [9.17, 15) is 0 Å². The first-order valence-electron chi connectivity index (χ1n) is 6.70. The predicted molar refractivity (Wildman–Crippen MR) is 68.8 cm³/mol. The molecule has 2 unspecified atom stereocenters. The molecule has 1 saturated carbocycles. The molecule has 3 heteroatoms. The molecule has 1 N–H and O–H groups in total. The summed E-state index contributed by atoms with van der Waals surface area (Å²) in [4.78, 5) is 2.51. The van der Waals surface area contributed by atoms with Crippen LogP contribution in [0, 0.1) is 0 Å². The van der Waals surface area contributed by atoms with Crippen molar-refractivity contribution in [3.8, 4) is 0 Å². The summed E-state index contributed by atoms with van der Waals surface area (Å²) in [6.45, 7) is 5.45.